The maximum Gasteiger partial charge on any atom is 0.320 e. The van der Waals surface area contributed by atoms with Gasteiger partial charge < -0.3 is 25.8 Å². The summed E-state index contributed by atoms with van der Waals surface area (Å²) in [5, 5.41) is 25.7. The Hall–Kier alpha value is -2.22. The molecule has 0 fully saturated rings. The highest BCUT2D eigenvalue weighted by Gasteiger charge is 2.11. The average molecular weight is 351 g/mol. The van der Waals surface area contributed by atoms with Gasteiger partial charge >= 0.3 is 5.97 Å². The van der Waals surface area contributed by atoms with Crippen LogP contribution in [0, 0.1) is 0 Å². The molecule has 0 saturated carbocycles. The van der Waals surface area contributed by atoms with Crippen molar-refractivity contribution in [2.75, 3.05) is 12.4 Å². The van der Waals surface area contributed by atoms with Crippen LogP contribution in [0.4, 0.5) is 0 Å². The summed E-state index contributed by atoms with van der Waals surface area (Å²) < 4.78 is 5.58. The number of ether oxygens (including phenoxy) is 1. The summed E-state index contributed by atoms with van der Waals surface area (Å²) in [6.45, 7) is 0.184. The third-order valence-corrected chi connectivity index (χ3v) is 3.07. The number of aliphatic carboxylic acids is 1. The molecule has 0 heterocycles. The first-order valence-corrected chi connectivity index (χ1v) is 7.85. The fourth-order valence-corrected chi connectivity index (χ4v) is 1.69. The molecule has 5 N–H and O–H groups in total. The standard InChI is InChI=1S/C15H15NO4.C2H6OS/c16-14(15(18)19)9-10-1-5-12(6-2-10)20-13-7-3-11(17)4-8-13;3-1-2-4/h1-8,14,17H,9,16H2,(H,18,19);3-4H,1-2H2. The number of carboxylic acids is 1. The van der Waals surface area contributed by atoms with E-state index in [9.17, 15) is 9.90 Å². The molecular weight excluding hydrogens is 330 g/mol. The summed E-state index contributed by atoms with van der Waals surface area (Å²) in [6, 6.07) is 12.5. The molecule has 7 heteroatoms. The second-order valence-electron chi connectivity index (χ2n) is 4.84. The fourth-order valence-electron chi connectivity index (χ4n) is 1.69. The van der Waals surface area contributed by atoms with Gasteiger partial charge in [0.05, 0.1) is 6.61 Å². The van der Waals surface area contributed by atoms with Gasteiger partial charge in [0, 0.05) is 5.75 Å². The third-order valence-electron chi connectivity index (χ3n) is 2.87. The number of benzene rings is 2. The second kappa shape index (κ2) is 10.5. The molecule has 0 saturated heterocycles. The lowest BCUT2D eigenvalue weighted by atomic mass is 10.1. The SMILES string of the molecule is NC(Cc1ccc(Oc2ccc(O)cc2)cc1)C(=O)O.OCCS. The average Bonchev–Trinajstić information content (AvgIpc) is 2.58. The molecule has 2 aromatic rings. The van der Waals surface area contributed by atoms with Crippen LogP contribution in [0.5, 0.6) is 17.2 Å². The number of thiol groups is 1. The minimum atomic E-state index is -1.02. The van der Waals surface area contributed by atoms with E-state index in [1.165, 1.54) is 12.1 Å². The Balaban J connectivity index is 0.000000648. The maximum absolute atomic E-state index is 10.7. The van der Waals surface area contributed by atoms with Gasteiger partial charge in [-0.15, -0.1) is 0 Å². The van der Waals surface area contributed by atoms with E-state index in [0.29, 0.717) is 17.3 Å². The van der Waals surface area contributed by atoms with E-state index >= 15 is 0 Å². The Labute approximate surface area is 145 Å². The molecule has 6 nitrogen and oxygen atoms in total. The lowest BCUT2D eigenvalue weighted by molar-refractivity contribution is -0.138. The van der Waals surface area contributed by atoms with Crippen molar-refractivity contribution in [1.29, 1.82) is 0 Å². The van der Waals surface area contributed by atoms with E-state index in [2.05, 4.69) is 12.6 Å². The molecule has 130 valence electrons. The van der Waals surface area contributed by atoms with E-state index in [4.69, 9.17) is 20.7 Å². The minimum Gasteiger partial charge on any atom is -0.508 e. The molecule has 0 aliphatic rings. The number of hydrogen-bond donors (Lipinski definition) is 5. The van der Waals surface area contributed by atoms with Crippen LogP contribution >= 0.6 is 12.6 Å². The topological polar surface area (TPSA) is 113 Å². The molecule has 0 spiro atoms. The van der Waals surface area contributed by atoms with Gasteiger partial charge in [-0.2, -0.15) is 12.6 Å². The predicted octanol–water partition coefficient (Wildman–Crippen LogP) is 2.05. The molecule has 2 aromatic carbocycles. The molecule has 0 aliphatic carbocycles. The van der Waals surface area contributed by atoms with Gasteiger partial charge in [-0.05, 0) is 48.4 Å². The van der Waals surface area contributed by atoms with E-state index in [1.807, 2.05) is 0 Å². The number of nitrogens with two attached hydrogens (primary N) is 1. The first kappa shape index (κ1) is 19.8. The van der Waals surface area contributed by atoms with Crippen molar-refractivity contribution in [3.8, 4) is 17.2 Å². The number of aromatic hydroxyl groups is 1. The van der Waals surface area contributed by atoms with E-state index in [-0.39, 0.29) is 18.8 Å². The molecular formula is C17H21NO5S. The highest BCUT2D eigenvalue weighted by Crippen LogP contribution is 2.23. The Kier molecular flexibility index (Phi) is 8.70. The zero-order chi connectivity index (χ0) is 17.9. The molecule has 0 amide bonds. The van der Waals surface area contributed by atoms with Crippen molar-refractivity contribution in [2.24, 2.45) is 5.73 Å². The predicted molar refractivity (Wildman–Crippen MR) is 94.9 cm³/mol. The Morgan fingerprint density at radius 3 is 1.96 bits per heavy atom. The van der Waals surface area contributed by atoms with Crippen LogP contribution in [0.3, 0.4) is 0 Å². The van der Waals surface area contributed by atoms with Crippen LogP contribution in [0.2, 0.25) is 0 Å². The Morgan fingerprint density at radius 1 is 1.08 bits per heavy atom. The number of carbonyl (C=O) groups is 1. The normalized spacial score (nSPS) is 11.1. The number of hydrogen-bond acceptors (Lipinski definition) is 6. The van der Waals surface area contributed by atoms with E-state index in [0.717, 1.165) is 5.56 Å². The van der Waals surface area contributed by atoms with Crippen molar-refractivity contribution >= 4 is 18.6 Å². The summed E-state index contributed by atoms with van der Waals surface area (Å²) in [5.74, 6) is 0.964. The Morgan fingerprint density at radius 2 is 1.54 bits per heavy atom. The van der Waals surface area contributed by atoms with Gasteiger partial charge in [0.25, 0.3) is 0 Å². The molecule has 0 aliphatic heterocycles. The molecule has 24 heavy (non-hydrogen) atoms. The highest BCUT2D eigenvalue weighted by atomic mass is 32.1. The zero-order valence-corrected chi connectivity index (χ0v) is 13.9. The van der Waals surface area contributed by atoms with Crippen molar-refractivity contribution < 1.29 is 24.9 Å². The fraction of sp³-hybridized carbons (Fsp3) is 0.235. The van der Waals surface area contributed by atoms with Crippen LogP contribution in [-0.4, -0.2) is 39.7 Å². The van der Waals surface area contributed by atoms with Crippen molar-refractivity contribution in [3.63, 3.8) is 0 Å². The summed E-state index contributed by atoms with van der Waals surface area (Å²) in [6.07, 6.45) is 0.273. The van der Waals surface area contributed by atoms with E-state index < -0.39 is 12.0 Å². The second-order valence-corrected chi connectivity index (χ2v) is 5.28. The number of rotatable bonds is 6. The number of phenols is 1. The van der Waals surface area contributed by atoms with Crippen LogP contribution in [0.1, 0.15) is 5.56 Å². The molecule has 1 atom stereocenters. The van der Waals surface area contributed by atoms with Gasteiger partial charge in [-0.3, -0.25) is 4.79 Å². The van der Waals surface area contributed by atoms with Gasteiger partial charge in [-0.25, -0.2) is 0 Å². The monoisotopic (exact) mass is 351 g/mol. The quantitative estimate of drug-likeness (QED) is 0.509. The van der Waals surface area contributed by atoms with Crippen LogP contribution in [0.25, 0.3) is 0 Å². The zero-order valence-electron chi connectivity index (χ0n) is 13.0. The molecule has 0 radical (unpaired) electrons. The number of phenolic OH excluding ortho intramolecular Hbond substituents is 1. The first-order valence-electron chi connectivity index (χ1n) is 7.22. The smallest absolute Gasteiger partial charge is 0.320 e. The van der Waals surface area contributed by atoms with Crippen LogP contribution in [0.15, 0.2) is 48.5 Å². The molecule has 0 aromatic heterocycles. The molecule has 0 bridgehead atoms. The van der Waals surface area contributed by atoms with Gasteiger partial charge in [0.15, 0.2) is 0 Å². The van der Waals surface area contributed by atoms with Crippen molar-refractivity contribution in [2.45, 2.75) is 12.5 Å². The summed E-state index contributed by atoms with van der Waals surface area (Å²) in [4.78, 5) is 10.7. The number of aliphatic hydroxyl groups excluding tert-OH is 1. The van der Waals surface area contributed by atoms with Gasteiger partial charge in [0.2, 0.25) is 0 Å². The van der Waals surface area contributed by atoms with E-state index in [1.54, 1.807) is 36.4 Å². The van der Waals surface area contributed by atoms with Gasteiger partial charge in [-0.1, -0.05) is 12.1 Å². The molecule has 2 rings (SSSR count). The highest BCUT2D eigenvalue weighted by molar-refractivity contribution is 7.80. The number of carboxylic acid groups (broad SMARTS) is 1. The molecule has 1 unspecified atom stereocenters. The lowest BCUT2D eigenvalue weighted by Gasteiger charge is -2.08. The maximum atomic E-state index is 10.7. The lowest BCUT2D eigenvalue weighted by Crippen LogP contribution is -2.32. The number of aliphatic hydroxyl groups is 1. The summed E-state index contributed by atoms with van der Waals surface area (Å²) in [5.41, 5.74) is 6.30. The van der Waals surface area contributed by atoms with Crippen molar-refractivity contribution in [3.05, 3.63) is 54.1 Å². The summed E-state index contributed by atoms with van der Waals surface area (Å²) >= 11 is 3.67. The first-order chi connectivity index (χ1) is 11.5. The van der Waals surface area contributed by atoms with Crippen LogP contribution < -0.4 is 10.5 Å². The minimum absolute atomic E-state index is 0.176. The third kappa shape index (κ3) is 7.36. The van der Waals surface area contributed by atoms with Crippen molar-refractivity contribution in [1.82, 2.24) is 0 Å². The van der Waals surface area contributed by atoms with Crippen LogP contribution in [-0.2, 0) is 11.2 Å². The van der Waals surface area contributed by atoms with Gasteiger partial charge in [0.1, 0.15) is 23.3 Å². The largest absolute Gasteiger partial charge is 0.508 e. The summed E-state index contributed by atoms with van der Waals surface area (Å²) in [7, 11) is 0. The Bertz CT molecular complexity index is 614.